The molecule has 4 heterocycles. The molecule has 3 fully saturated rings. The van der Waals surface area contributed by atoms with E-state index >= 15 is 0 Å². The molecule has 196 valence electrons. The Morgan fingerprint density at radius 1 is 1.03 bits per heavy atom. The normalized spacial score (nSPS) is 20.4. The first-order valence-corrected chi connectivity index (χ1v) is 14.5. The van der Waals surface area contributed by atoms with Gasteiger partial charge in [0.25, 0.3) is 11.5 Å². The molecule has 1 aliphatic carbocycles. The number of thioether (sulfide) groups is 1. The minimum absolute atomic E-state index is 0.0840. The largest absolute Gasteiger partial charge is 0.353 e. The zero-order chi connectivity index (χ0) is 26.2. The highest BCUT2D eigenvalue weighted by atomic mass is 32.2. The molecule has 1 amide bonds. The van der Waals surface area contributed by atoms with Crippen LogP contribution in [0.5, 0.6) is 0 Å². The van der Waals surface area contributed by atoms with Crippen molar-refractivity contribution in [2.24, 2.45) is 0 Å². The summed E-state index contributed by atoms with van der Waals surface area (Å²) < 4.78 is 2.18. The van der Waals surface area contributed by atoms with Crippen molar-refractivity contribution < 1.29 is 4.79 Å². The average Bonchev–Trinajstić information content (AvgIpc) is 3.54. The second-order valence-electron chi connectivity index (χ2n) is 10.3. The van der Waals surface area contributed by atoms with Crippen LogP contribution in [-0.2, 0) is 11.3 Å². The number of aryl methyl sites for hydroxylation is 1. The molecule has 7 nitrogen and oxygen atoms in total. The van der Waals surface area contributed by atoms with E-state index in [1.165, 1.54) is 17.3 Å². The smallest absolute Gasteiger partial charge is 0.267 e. The van der Waals surface area contributed by atoms with E-state index < -0.39 is 0 Å². The van der Waals surface area contributed by atoms with Gasteiger partial charge in [0.15, 0.2) is 0 Å². The molecule has 2 aliphatic heterocycles. The van der Waals surface area contributed by atoms with Gasteiger partial charge < -0.3 is 4.90 Å². The summed E-state index contributed by atoms with van der Waals surface area (Å²) in [4.78, 5) is 39.1. The molecule has 1 saturated carbocycles. The Labute approximate surface area is 232 Å². The molecule has 0 radical (unpaired) electrons. The van der Waals surface area contributed by atoms with E-state index in [0.29, 0.717) is 26.3 Å². The van der Waals surface area contributed by atoms with Crippen molar-refractivity contribution in [2.75, 3.05) is 31.1 Å². The number of hydrogen-bond acceptors (Lipinski definition) is 7. The summed E-state index contributed by atoms with van der Waals surface area (Å²) in [5, 5.41) is 0. The summed E-state index contributed by atoms with van der Waals surface area (Å²) in [5.74, 6) is 0.559. The standard InChI is InChI=1S/C29H31N5O2S2/c1-20-11-12-25-30-26(32-15-13-31(14-16-32)19-21-7-3-2-4-8-21)23(27(35)33(25)18-20)17-24-28(36)34(29(37)38-24)22-9-5-6-10-22/h2-4,7-8,11-12,17-18,22H,5-6,9-10,13-16,19H2,1H3/b24-17-. The number of pyridine rings is 1. The number of hydrogen-bond donors (Lipinski definition) is 0. The van der Waals surface area contributed by atoms with E-state index in [9.17, 15) is 9.59 Å². The molecular formula is C29H31N5O2S2. The van der Waals surface area contributed by atoms with Gasteiger partial charge >= 0.3 is 0 Å². The molecule has 6 rings (SSSR count). The fourth-order valence-corrected chi connectivity index (χ4v) is 7.04. The van der Waals surface area contributed by atoms with Crippen LogP contribution in [0, 0.1) is 6.92 Å². The molecule has 9 heteroatoms. The maximum absolute atomic E-state index is 13.8. The van der Waals surface area contributed by atoms with Gasteiger partial charge in [-0.3, -0.25) is 23.8 Å². The highest BCUT2D eigenvalue weighted by Crippen LogP contribution is 2.38. The number of piperazine rings is 1. The van der Waals surface area contributed by atoms with Crippen molar-refractivity contribution in [1.82, 2.24) is 19.2 Å². The number of carbonyl (C=O) groups excluding carboxylic acids is 1. The van der Waals surface area contributed by atoms with E-state index in [1.807, 2.05) is 31.3 Å². The summed E-state index contributed by atoms with van der Waals surface area (Å²) in [5.41, 5.74) is 3.17. The maximum Gasteiger partial charge on any atom is 0.267 e. The summed E-state index contributed by atoms with van der Waals surface area (Å²) in [6.07, 6.45) is 7.76. The van der Waals surface area contributed by atoms with Crippen LogP contribution >= 0.6 is 24.0 Å². The zero-order valence-corrected chi connectivity index (χ0v) is 23.1. The number of carbonyl (C=O) groups is 1. The summed E-state index contributed by atoms with van der Waals surface area (Å²) in [6.45, 7) is 6.10. The Morgan fingerprint density at radius 2 is 1.76 bits per heavy atom. The van der Waals surface area contributed by atoms with E-state index in [2.05, 4.69) is 34.1 Å². The number of thiocarbonyl (C=S) groups is 1. The fraction of sp³-hybridized carbons (Fsp3) is 0.379. The van der Waals surface area contributed by atoms with E-state index in [0.717, 1.165) is 64.0 Å². The van der Waals surface area contributed by atoms with Gasteiger partial charge in [0.05, 0.1) is 10.5 Å². The molecule has 0 spiro atoms. The van der Waals surface area contributed by atoms with Gasteiger partial charge in [-0.2, -0.15) is 0 Å². The topological polar surface area (TPSA) is 61.2 Å². The van der Waals surface area contributed by atoms with Crippen molar-refractivity contribution in [2.45, 2.75) is 45.2 Å². The number of fused-ring (bicyclic) bond motifs is 1. The minimum Gasteiger partial charge on any atom is -0.353 e. The number of rotatable bonds is 5. The fourth-order valence-electron chi connectivity index (χ4n) is 5.66. The van der Waals surface area contributed by atoms with E-state index in [4.69, 9.17) is 17.2 Å². The lowest BCUT2D eigenvalue weighted by Crippen LogP contribution is -2.47. The molecule has 0 unspecified atom stereocenters. The molecule has 2 aromatic heterocycles. The van der Waals surface area contributed by atoms with Crippen LogP contribution in [0.25, 0.3) is 11.7 Å². The van der Waals surface area contributed by atoms with Gasteiger partial charge in [0, 0.05) is 45.0 Å². The van der Waals surface area contributed by atoms with Crippen molar-refractivity contribution in [3.63, 3.8) is 0 Å². The molecule has 3 aromatic rings. The zero-order valence-electron chi connectivity index (χ0n) is 21.5. The Hall–Kier alpha value is -3.01. The Balaban J connectivity index is 1.33. The van der Waals surface area contributed by atoms with Crippen molar-refractivity contribution in [3.05, 3.63) is 80.6 Å². The van der Waals surface area contributed by atoms with Gasteiger partial charge in [-0.1, -0.05) is 73.2 Å². The monoisotopic (exact) mass is 545 g/mol. The molecule has 0 N–H and O–H groups in total. The Morgan fingerprint density at radius 3 is 2.50 bits per heavy atom. The highest BCUT2D eigenvalue weighted by molar-refractivity contribution is 8.26. The second kappa shape index (κ2) is 10.6. The molecule has 2 saturated heterocycles. The SMILES string of the molecule is Cc1ccc2nc(N3CCN(Cc4ccccc4)CC3)c(/C=C3\SC(=S)N(C4CCCC4)C3=O)c(=O)n2c1. The Kier molecular flexibility index (Phi) is 7.07. The number of benzene rings is 1. The van der Waals surface area contributed by atoms with Crippen LogP contribution in [0.2, 0.25) is 0 Å². The number of anilines is 1. The molecular weight excluding hydrogens is 514 g/mol. The third-order valence-corrected chi connectivity index (χ3v) is 9.03. The van der Waals surface area contributed by atoms with E-state index in [1.54, 1.807) is 15.4 Å². The van der Waals surface area contributed by atoms with Crippen molar-refractivity contribution in [1.29, 1.82) is 0 Å². The first kappa shape index (κ1) is 25.3. The third-order valence-electron chi connectivity index (χ3n) is 7.70. The first-order chi connectivity index (χ1) is 18.5. The lowest BCUT2D eigenvalue weighted by molar-refractivity contribution is -0.123. The second-order valence-corrected chi connectivity index (χ2v) is 12.0. The molecule has 38 heavy (non-hydrogen) atoms. The number of amides is 1. The number of aromatic nitrogens is 2. The summed E-state index contributed by atoms with van der Waals surface area (Å²) in [6, 6.07) is 14.5. The van der Waals surface area contributed by atoms with Crippen molar-refractivity contribution in [3.8, 4) is 0 Å². The van der Waals surface area contributed by atoms with Crippen LogP contribution in [0.3, 0.4) is 0 Å². The van der Waals surface area contributed by atoms with Gasteiger partial charge in [-0.05, 0) is 43.0 Å². The predicted octanol–water partition coefficient (Wildman–Crippen LogP) is 4.47. The van der Waals surface area contributed by atoms with Crippen LogP contribution in [0.4, 0.5) is 5.82 Å². The third kappa shape index (κ3) is 4.90. The maximum atomic E-state index is 13.8. The minimum atomic E-state index is -0.161. The van der Waals surface area contributed by atoms with Gasteiger partial charge in [0.1, 0.15) is 15.8 Å². The van der Waals surface area contributed by atoms with Crippen LogP contribution in [0.1, 0.15) is 42.4 Å². The predicted molar refractivity (Wildman–Crippen MR) is 157 cm³/mol. The van der Waals surface area contributed by atoms with E-state index in [-0.39, 0.29) is 17.5 Å². The van der Waals surface area contributed by atoms with Crippen LogP contribution < -0.4 is 10.5 Å². The molecule has 3 aliphatic rings. The average molecular weight is 546 g/mol. The molecule has 0 bridgehead atoms. The van der Waals surface area contributed by atoms with Gasteiger partial charge in [-0.15, -0.1) is 0 Å². The number of nitrogens with zero attached hydrogens (tertiary/aromatic N) is 5. The summed E-state index contributed by atoms with van der Waals surface area (Å²) in [7, 11) is 0. The molecule has 1 aromatic carbocycles. The van der Waals surface area contributed by atoms with Crippen LogP contribution in [0.15, 0.2) is 58.4 Å². The summed E-state index contributed by atoms with van der Waals surface area (Å²) >= 11 is 6.92. The Bertz CT molecular complexity index is 1470. The lowest BCUT2D eigenvalue weighted by Gasteiger charge is -2.36. The van der Waals surface area contributed by atoms with Gasteiger partial charge in [0.2, 0.25) is 0 Å². The highest BCUT2D eigenvalue weighted by Gasteiger charge is 2.38. The van der Waals surface area contributed by atoms with Crippen molar-refractivity contribution >= 4 is 51.7 Å². The van der Waals surface area contributed by atoms with Gasteiger partial charge in [-0.25, -0.2) is 4.98 Å². The first-order valence-electron chi connectivity index (χ1n) is 13.3. The van der Waals surface area contributed by atoms with Crippen LogP contribution in [-0.4, -0.2) is 61.6 Å². The lowest BCUT2D eigenvalue weighted by atomic mass is 10.1. The quantitative estimate of drug-likeness (QED) is 0.346. The molecule has 0 atom stereocenters.